The van der Waals surface area contributed by atoms with Crippen LogP contribution in [0.5, 0.6) is 0 Å². The third kappa shape index (κ3) is 3.25. The Morgan fingerprint density at radius 2 is 2.05 bits per heavy atom. The van der Waals surface area contributed by atoms with Gasteiger partial charge in [-0.2, -0.15) is 4.31 Å². The van der Waals surface area contributed by atoms with E-state index in [2.05, 4.69) is 6.58 Å². The number of nitrogens with zero attached hydrogens (tertiary/aromatic N) is 1. The molecule has 0 spiro atoms. The lowest BCUT2D eigenvalue weighted by Gasteiger charge is -2.33. The van der Waals surface area contributed by atoms with E-state index in [0.717, 1.165) is 0 Å². The Labute approximate surface area is 119 Å². The number of thiophene rings is 1. The van der Waals surface area contributed by atoms with Gasteiger partial charge in [-0.15, -0.1) is 17.9 Å². The number of rotatable bonds is 5. The smallest absolute Gasteiger partial charge is 0.245 e. The quantitative estimate of drug-likeness (QED) is 0.850. The highest BCUT2D eigenvalue weighted by molar-refractivity contribution is 7.89. The second-order valence-corrected chi connectivity index (χ2v) is 8.09. The minimum absolute atomic E-state index is 0.233. The van der Waals surface area contributed by atoms with E-state index in [1.807, 2.05) is 20.8 Å². The van der Waals surface area contributed by atoms with Gasteiger partial charge >= 0.3 is 0 Å². The monoisotopic (exact) mass is 303 g/mol. The van der Waals surface area contributed by atoms with E-state index < -0.39 is 15.6 Å². The first-order chi connectivity index (χ1) is 8.66. The number of sulfonamides is 1. The Bertz CT molecular complexity index is 553. The molecular formula is C13H21NO3S2. The molecule has 0 saturated carbocycles. The van der Waals surface area contributed by atoms with Crippen LogP contribution >= 0.6 is 11.3 Å². The van der Waals surface area contributed by atoms with E-state index in [4.69, 9.17) is 0 Å². The summed E-state index contributed by atoms with van der Waals surface area (Å²) in [4.78, 5) is 0.715. The maximum atomic E-state index is 12.8. The third-order valence-electron chi connectivity index (χ3n) is 2.72. The van der Waals surface area contributed by atoms with E-state index >= 15 is 0 Å². The molecule has 0 atom stereocenters. The molecule has 0 aliphatic rings. The molecule has 1 rings (SSSR count). The van der Waals surface area contributed by atoms with Crippen LogP contribution in [0.4, 0.5) is 0 Å². The predicted octanol–water partition coefficient (Wildman–Crippen LogP) is 2.52. The van der Waals surface area contributed by atoms with Crippen molar-refractivity contribution in [2.24, 2.45) is 0 Å². The summed E-state index contributed by atoms with van der Waals surface area (Å²) in [5.41, 5.74) is 0.126. The van der Waals surface area contributed by atoms with E-state index in [1.165, 1.54) is 15.6 Å². The Morgan fingerprint density at radius 1 is 1.47 bits per heavy atom. The minimum Gasteiger partial charge on any atom is -0.391 e. The van der Waals surface area contributed by atoms with Gasteiger partial charge in [0, 0.05) is 12.1 Å². The molecule has 19 heavy (non-hydrogen) atoms. The van der Waals surface area contributed by atoms with Crippen molar-refractivity contribution in [1.29, 1.82) is 0 Å². The summed E-state index contributed by atoms with van der Waals surface area (Å²) in [5, 5.41) is 11.1. The molecule has 0 bridgehead atoms. The first-order valence-electron chi connectivity index (χ1n) is 5.97. The summed E-state index contributed by atoms with van der Waals surface area (Å²) >= 11 is 1.27. The van der Waals surface area contributed by atoms with Crippen LogP contribution in [0.1, 0.15) is 31.2 Å². The average molecular weight is 303 g/mol. The number of hydrogen-bond acceptors (Lipinski definition) is 4. The van der Waals surface area contributed by atoms with Crippen molar-refractivity contribution >= 4 is 21.4 Å². The van der Waals surface area contributed by atoms with Crippen LogP contribution < -0.4 is 0 Å². The van der Waals surface area contributed by atoms with Crippen LogP contribution in [0.25, 0.3) is 0 Å². The zero-order valence-corrected chi connectivity index (χ0v) is 13.4. The van der Waals surface area contributed by atoms with Gasteiger partial charge in [-0.25, -0.2) is 8.42 Å². The number of aliphatic hydroxyl groups excluding tert-OH is 1. The van der Waals surface area contributed by atoms with E-state index in [1.54, 1.807) is 18.4 Å². The van der Waals surface area contributed by atoms with E-state index in [-0.39, 0.29) is 18.0 Å². The van der Waals surface area contributed by atoms with Gasteiger partial charge in [0.05, 0.1) is 11.5 Å². The Balaban J connectivity index is 3.43. The molecule has 108 valence electrons. The topological polar surface area (TPSA) is 57.6 Å². The molecule has 0 fully saturated rings. The number of aliphatic hydroxyl groups is 1. The lowest BCUT2D eigenvalue weighted by atomic mass is 10.1. The molecule has 0 saturated heterocycles. The molecule has 0 amide bonds. The SMILES string of the molecule is C=CCN(C(C)(C)C)S(=O)(=O)c1c(C)csc1CO. The largest absolute Gasteiger partial charge is 0.391 e. The second kappa shape index (κ2) is 5.75. The molecule has 0 unspecified atom stereocenters. The summed E-state index contributed by atoms with van der Waals surface area (Å²) in [6.07, 6.45) is 1.57. The molecule has 0 aromatic carbocycles. The molecule has 0 aliphatic heterocycles. The molecule has 0 aliphatic carbocycles. The highest BCUT2D eigenvalue weighted by Gasteiger charge is 2.35. The molecule has 6 heteroatoms. The van der Waals surface area contributed by atoms with Crippen LogP contribution in [-0.2, 0) is 16.6 Å². The Hall–Kier alpha value is -0.690. The lowest BCUT2D eigenvalue weighted by Crippen LogP contribution is -2.45. The maximum Gasteiger partial charge on any atom is 0.245 e. The van der Waals surface area contributed by atoms with Gasteiger partial charge in [0.25, 0.3) is 0 Å². The predicted molar refractivity (Wildman–Crippen MR) is 78.8 cm³/mol. The first-order valence-corrected chi connectivity index (χ1v) is 8.29. The van der Waals surface area contributed by atoms with E-state index in [9.17, 15) is 13.5 Å². The highest BCUT2D eigenvalue weighted by Crippen LogP contribution is 2.32. The maximum absolute atomic E-state index is 12.8. The summed E-state index contributed by atoms with van der Waals surface area (Å²) < 4.78 is 27.0. The Kier molecular flexibility index (Phi) is 4.95. The highest BCUT2D eigenvalue weighted by atomic mass is 32.2. The van der Waals surface area contributed by atoms with Gasteiger partial charge in [-0.1, -0.05) is 6.08 Å². The fourth-order valence-corrected chi connectivity index (χ4v) is 5.28. The fourth-order valence-electron chi connectivity index (χ4n) is 1.90. The lowest BCUT2D eigenvalue weighted by molar-refractivity contribution is 0.265. The van der Waals surface area contributed by atoms with Gasteiger partial charge in [0.15, 0.2) is 0 Å². The van der Waals surface area contributed by atoms with Gasteiger partial charge in [-0.05, 0) is 38.6 Å². The Morgan fingerprint density at radius 3 is 2.47 bits per heavy atom. The van der Waals surface area contributed by atoms with Crippen molar-refractivity contribution in [3.63, 3.8) is 0 Å². The first kappa shape index (κ1) is 16.4. The molecule has 1 aromatic rings. The molecule has 4 nitrogen and oxygen atoms in total. The van der Waals surface area contributed by atoms with Crippen molar-refractivity contribution in [3.05, 3.63) is 28.5 Å². The van der Waals surface area contributed by atoms with Gasteiger partial charge in [-0.3, -0.25) is 0 Å². The molecule has 0 radical (unpaired) electrons. The van der Waals surface area contributed by atoms with Crippen molar-refractivity contribution in [1.82, 2.24) is 4.31 Å². The fraction of sp³-hybridized carbons (Fsp3) is 0.538. The normalized spacial score (nSPS) is 12.9. The third-order valence-corrected chi connectivity index (χ3v) is 6.30. The number of hydrogen-bond donors (Lipinski definition) is 1. The van der Waals surface area contributed by atoms with Crippen molar-refractivity contribution in [2.75, 3.05) is 6.54 Å². The standard InChI is InChI=1S/C13H21NO3S2/c1-6-7-14(13(3,4)5)19(16,17)12-10(2)9-18-11(12)8-15/h6,9,15H,1,7-8H2,2-5H3. The van der Waals surface area contributed by atoms with Crippen molar-refractivity contribution < 1.29 is 13.5 Å². The second-order valence-electron chi connectivity index (χ2n) is 5.32. The zero-order chi connectivity index (χ0) is 14.8. The van der Waals surface area contributed by atoms with Gasteiger partial charge in [0.1, 0.15) is 4.90 Å². The molecule has 1 heterocycles. The van der Waals surface area contributed by atoms with Crippen molar-refractivity contribution in [3.8, 4) is 0 Å². The number of aryl methyl sites for hydroxylation is 1. The summed E-state index contributed by atoms with van der Waals surface area (Å²) in [7, 11) is -3.64. The van der Waals surface area contributed by atoms with Crippen LogP contribution in [0.3, 0.4) is 0 Å². The van der Waals surface area contributed by atoms with Crippen LogP contribution in [0, 0.1) is 6.92 Å². The van der Waals surface area contributed by atoms with E-state index in [0.29, 0.717) is 10.4 Å². The summed E-state index contributed by atoms with van der Waals surface area (Å²) in [6, 6.07) is 0. The molecule has 1 N–H and O–H groups in total. The average Bonchev–Trinajstić information content (AvgIpc) is 2.66. The zero-order valence-electron chi connectivity index (χ0n) is 11.8. The summed E-state index contributed by atoms with van der Waals surface area (Å²) in [6.45, 7) is 10.9. The van der Waals surface area contributed by atoms with Gasteiger partial charge < -0.3 is 5.11 Å². The summed E-state index contributed by atoms with van der Waals surface area (Å²) in [5.74, 6) is 0. The van der Waals surface area contributed by atoms with Crippen molar-refractivity contribution in [2.45, 2.75) is 44.7 Å². The molecular weight excluding hydrogens is 282 g/mol. The minimum atomic E-state index is -3.64. The van der Waals surface area contributed by atoms with Gasteiger partial charge in [0.2, 0.25) is 10.0 Å². The van der Waals surface area contributed by atoms with Crippen LogP contribution in [0.15, 0.2) is 22.9 Å². The van der Waals surface area contributed by atoms with Crippen LogP contribution in [0.2, 0.25) is 0 Å². The van der Waals surface area contributed by atoms with Crippen LogP contribution in [-0.4, -0.2) is 29.9 Å². The molecule has 1 aromatic heterocycles.